The van der Waals surface area contributed by atoms with Crippen molar-refractivity contribution in [3.8, 4) is 5.75 Å². The Kier molecular flexibility index (Phi) is 9.99. The SMILES string of the molecule is CC1=NN(c2ccccc2)C(=O)C1N=Nc1cc(S(=O)(=O)O)cc(NC(=O)[O-])c1[O-].[Na+].[Na+]. The first-order valence-corrected chi connectivity index (χ1v) is 9.67. The molecule has 1 aliphatic heterocycles. The summed E-state index contributed by atoms with van der Waals surface area (Å²) < 4.78 is 32.0. The Bertz CT molecular complexity index is 1190. The molecule has 15 heteroatoms. The molecule has 1 unspecified atom stereocenters. The number of hydrogen-bond donors (Lipinski definition) is 2. The first kappa shape index (κ1) is 28.2. The molecule has 32 heavy (non-hydrogen) atoms. The van der Waals surface area contributed by atoms with E-state index < -0.39 is 50.2 Å². The monoisotopic (exact) mass is 477 g/mol. The number of carbonyl (C=O) groups is 2. The number of nitrogens with zero attached hydrogens (tertiary/aromatic N) is 4. The quantitative estimate of drug-likeness (QED) is 0.244. The van der Waals surface area contributed by atoms with Crippen LogP contribution in [0.2, 0.25) is 0 Å². The molecular weight excluding hydrogens is 464 g/mol. The molecule has 0 spiro atoms. The summed E-state index contributed by atoms with van der Waals surface area (Å²) >= 11 is 0. The molecule has 0 radical (unpaired) electrons. The van der Waals surface area contributed by atoms with Gasteiger partial charge in [0.25, 0.3) is 16.0 Å². The molecule has 1 aliphatic rings. The van der Waals surface area contributed by atoms with E-state index >= 15 is 0 Å². The Balaban J connectivity index is 0.00000256. The predicted molar refractivity (Wildman–Crippen MR) is 100 cm³/mol. The van der Waals surface area contributed by atoms with Crippen LogP contribution in [0, 0.1) is 0 Å². The number of azo groups is 1. The molecule has 0 saturated carbocycles. The van der Waals surface area contributed by atoms with Crippen LogP contribution in [0.1, 0.15) is 6.92 Å². The minimum Gasteiger partial charge on any atom is -0.870 e. The van der Waals surface area contributed by atoms with Crippen LogP contribution in [0.4, 0.5) is 21.9 Å². The molecule has 2 N–H and O–H groups in total. The van der Waals surface area contributed by atoms with E-state index in [1.807, 2.05) is 0 Å². The molecule has 3 rings (SSSR count). The van der Waals surface area contributed by atoms with Gasteiger partial charge in [-0.25, -0.2) is 0 Å². The van der Waals surface area contributed by atoms with Gasteiger partial charge in [0.1, 0.15) is 6.09 Å². The number of hydrazone groups is 1. The molecule has 0 saturated heterocycles. The second kappa shape index (κ2) is 11.3. The summed E-state index contributed by atoms with van der Waals surface area (Å²) in [6.45, 7) is 1.51. The maximum Gasteiger partial charge on any atom is 1.00 e. The van der Waals surface area contributed by atoms with Crippen LogP contribution in [0.15, 0.2) is 62.7 Å². The summed E-state index contributed by atoms with van der Waals surface area (Å²) in [7, 11) is -4.80. The minimum absolute atomic E-state index is 0. The van der Waals surface area contributed by atoms with E-state index in [2.05, 4.69) is 15.3 Å². The van der Waals surface area contributed by atoms with Crippen molar-refractivity contribution in [1.29, 1.82) is 0 Å². The van der Waals surface area contributed by atoms with E-state index in [-0.39, 0.29) is 64.8 Å². The van der Waals surface area contributed by atoms with Crippen molar-refractivity contribution in [2.45, 2.75) is 17.9 Å². The van der Waals surface area contributed by atoms with Crippen molar-refractivity contribution in [1.82, 2.24) is 0 Å². The third-order valence-electron chi connectivity index (χ3n) is 3.96. The van der Waals surface area contributed by atoms with Gasteiger partial charge in [-0.1, -0.05) is 23.9 Å². The maximum atomic E-state index is 12.6. The zero-order chi connectivity index (χ0) is 22.1. The standard InChI is InChI=1S/C17H15N5O7S.2Na/c1-9-14(16(24)22(21-9)10-5-3-2-4-6-10)20-19-13-8-11(30(27,28)29)7-12(15(13)23)18-17(25)26;;/h2-8,14,18,23H,1H3,(H,25,26)(H,27,28,29);;/q;2*+1/p-2. The van der Waals surface area contributed by atoms with E-state index in [0.717, 1.165) is 5.01 Å². The normalized spacial score (nSPS) is 15.7. The summed E-state index contributed by atoms with van der Waals surface area (Å²) in [6, 6.07) is 8.59. The molecule has 2 aromatic rings. The van der Waals surface area contributed by atoms with Gasteiger partial charge in [-0.3, -0.25) is 9.35 Å². The van der Waals surface area contributed by atoms with Crippen molar-refractivity contribution >= 4 is 44.9 Å². The third kappa shape index (κ3) is 6.36. The number of rotatable bonds is 5. The number of para-hydroxylation sites is 1. The van der Waals surface area contributed by atoms with Crippen LogP contribution in [0.25, 0.3) is 0 Å². The summed E-state index contributed by atoms with van der Waals surface area (Å²) in [5.41, 5.74) is -0.585. The Labute approximate surface area is 226 Å². The van der Waals surface area contributed by atoms with E-state index in [1.165, 1.54) is 6.92 Å². The second-order valence-corrected chi connectivity index (χ2v) is 7.47. The second-order valence-electron chi connectivity index (χ2n) is 6.05. The van der Waals surface area contributed by atoms with Crippen molar-refractivity contribution in [3.05, 3.63) is 42.5 Å². The smallest absolute Gasteiger partial charge is 0.870 e. The average Bonchev–Trinajstić information content (AvgIpc) is 2.96. The van der Waals surface area contributed by atoms with Crippen LogP contribution in [-0.2, 0) is 14.9 Å². The van der Waals surface area contributed by atoms with Crippen LogP contribution < -0.4 is 79.7 Å². The van der Waals surface area contributed by atoms with E-state index in [0.29, 0.717) is 17.8 Å². The summed E-state index contributed by atoms with van der Waals surface area (Å²) in [5, 5.41) is 37.3. The molecule has 1 atom stereocenters. The van der Waals surface area contributed by atoms with Gasteiger partial charge in [0.05, 0.1) is 22.0 Å². The molecular formula is C17H13N5Na2O7S. The van der Waals surface area contributed by atoms with Crippen LogP contribution in [0.3, 0.4) is 0 Å². The van der Waals surface area contributed by atoms with E-state index in [4.69, 9.17) is 0 Å². The van der Waals surface area contributed by atoms with Gasteiger partial charge in [-0.2, -0.15) is 28.8 Å². The minimum atomic E-state index is -4.80. The van der Waals surface area contributed by atoms with Crippen molar-refractivity contribution in [2.75, 3.05) is 10.3 Å². The average molecular weight is 477 g/mol. The number of amides is 2. The van der Waals surface area contributed by atoms with Gasteiger partial charge in [0, 0.05) is 5.69 Å². The number of carboxylic acid groups (broad SMARTS) is 1. The molecule has 0 aromatic heterocycles. The first-order chi connectivity index (χ1) is 14.1. The van der Waals surface area contributed by atoms with Crippen molar-refractivity contribution < 1.29 is 91.9 Å². The molecule has 156 valence electrons. The largest absolute Gasteiger partial charge is 1.00 e. The first-order valence-electron chi connectivity index (χ1n) is 8.23. The summed E-state index contributed by atoms with van der Waals surface area (Å²) in [6.07, 6.45) is -1.88. The topological polar surface area (TPSA) is 187 Å². The fraction of sp³-hybridized carbons (Fsp3) is 0.118. The number of benzene rings is 2. The Morgan fingerprint density at radius 1 is 1.22 bits per heavy atom. The number of nitrogens with one attached hydrogen (secondary N) is 1. The van der Waals surface area contributed by atoms with Gasteiger partial charge in [-0.05, 0) is 31.2 Å². The number of carbonyl (C=O) groups excluding carboxylic acids is 2. The van der Waals surface area contributed by atoms with Crippen LogP contribution in [-0.4, -0.2) is 36.7 Å². The Morgan fingerprint density at radius 2 is 1.84 bits per heavy atom. The third-order valence-corrected chi connectivity index (χ3v) is 4.79. The van der Waals surface area contributed by atoms with Crippen molar-refractivity contribution in [3.63, 3.8) is 0 Å². The van der Waals surface area contributed by atoms with Gasteiger partial charge >= 0.3 is 59.1 Å². The zero-order valence-electron chi connectivity index (χ0n) is 17.2. The predicted octanol–water partition coefficient (Wildman–Crippen LogP) is -5.35. The van der Waals surface area contributed by atoms with Crippen LogP contribution >= 0.6 is 0 Å². The summed E-state index contributed by atoms with van der Waals surface area (Å²) in [4.78, 5) is 22.5. The molecule has 1 heterocycles. The van der Waals surface area contributed by atoms with Gasteiger partial charge < -0.3 is 20.3 Å². The van der Waals surface area contributed by atoms with Gasteiger partial charge in [0.2, 0.25) is 0 Å². The molecule has 2 amide bonds. The number of anilines is 2. The molecule has 2 aromatic carbocycles. The summed E-state index contributed by atoms with van der Waals surface area (Å²) in [5.74, 6) is -1.59. The van der Waals surface area contributed by atoms with E-state index in [1.54, 1.807) is 35.6 Å². The molecule has 12 nitrogen and oxygen atoms in total. The van der Waals surface area contributed by atoms with Crippen molar-refractivity contribution in [2.24, 2.45) is 15.3 Å². The Morgan fingerprint density at radius 3 is 2.41 bits per heavy atom. The molecule has 0 fully saturated rings. The molecule has 0 aliphatic carbocycles. The fourth-order valence-corrected chi connectivity index (χ4v) is 3.10. The molecule has 0 bridgehead atoms. The Hall–Kier alpha value is -1.84. The zero-order valence-corrected chi connectivity index (χ0v) is 22.0. The fourth-order valence-electron chi connectivity index (χ4n) is 2.58. The van der Waals surface area contributed by atoms with E-state index in [9.17, 15) is 32.8 Å². The van der Waals surface area contributed by atoms with Crippen LogP contribution in [0.5, 0.6) is 5.75 Å². The maximum absolute atomic E-state index is 12.6. The number of hydrogen-bond acceptors (Lipinski definition) is 9. The van der Waals surface area contributed by atoms with Gasteiger partial charge in [-0.15, -0.1) is 0 Å². The van der Waals surface area contributed by atoms with Gasteiger partial charge in [0.15, 0.2) is 6.04 Å².